The summed E-state index contributed by atoms with van der Waals surface area (Å²) in [4.78, 5) is 27.3. The fraction of sp³-hybridized carbons (Fsp3) is 0.571. The number of nitrogens with zero attached hydrogens (tertiary/aromatic N) is 5. The van der Waals surface area contributed by atoms with Gasteiger partial charge in [-0.05, 0) is 50.4 Å². The van der Waals surface area contributed by atoms with Crippen LogP contribution in [0.1, 0.15) is 42.5 Å². The number of piperazine rings is 1. The number of aromatic nitrogens is 2. The zero-order valence-electron chi connectivity index (χ0n) is 22.4. The maximum absolute atomic E-state index is 15.4. The maximum atomic E-state index is 15.4. The first-order chi connectivity index (χ1) is 19.3. The highest BCUT2D eigenvalue weighted by molar-refractivity contribution is 6.31. The molecule has 1 aromatic heterocycles. The van der Waals surface area contributed by atoms with Crippen LogP contribution >= 0.6 is 11.6 Å². The molecule has 0 bridgehead atoms. The van der Waals surface area contributed by atoms with Gasteiger partial charge in [0.1, 0.15) is 24.3 Å². The first-order valence-corrected chi connectivity index (χ1v) is 14.2. The summed E-state index contributed by atoms with van der Waals surface area (Å²) in [5.41, 5.74) is 0.902. The zero-order valence-corrected chi connectivity index (χ0v) is 23.1. The van der Waals surface area contributed by atoms with Crippen LogP contribution in [0.4, 0.5) is 20.3 Å². The largest absolute Gasteiger partial charge is 0.462 e. The summed E-state index contributed by atoms with van der Waals surface area (Å²) in [5, 5.41) is 16.1. The van der Waals surface area contributed by atoms with Gasteiger partial charge in [-0.1, -0.05) is 11.6 Å². The third kappa shape index (κ3) is 4.76. The number of fused-ring (bicyclic) bond motifs is 3. The van der Waals surface area contributed by atoms with E-state index in [1.165, 1.54) is 6.07 Å². The van der Waals surface area contributed by atoms with Gasteiger partial charge in [-0.2, -0.15) is 15.2 Å². The molecule has 212 valence electrons. The number of carbonyl (C=O) groups excluding carboxylic acids is 1. The molecular weight excluding hydrogens is 540 g/mol. The lowest BCUT2D eigenvalue weighted by Gasteiger charge is -2.42. The monoisotopic (exact) mass is 571 g/mol. The lowest BCUT2D eigenvalue weighted by Crippen LogP contribution is -2.52. The number of nitriles is 1. The summed E-state index contributed by atoms with van der Waals surface area (Å²) < 4.78 is 35.4. The minimum Gasteiger partial charge on any atom is -0.462 e. The fourth-order valence-corrected chi connectivity index (χ4v) is 6.97. The minimum absolute atomic E-state index is 0.0607. The second-order valence-corrected chi connectivity index (χ2v) is 11.7. The van der Waals surface area contributed by atoms with E-state index < -0.39 is 17.4 Å². The number of likely N-dealkylation sites (N-methyl/N-ethyl adjacent to an activating group) is 1. The Morgan fingerprint density at radius 3 is 2.95 bits per heavy atom. The van der Waals surface area contributed by atoms with Crippen molar-refractivity contribution in [2.45, 2.75) is 62.2 Å². The van der Waals surface area contributed by atoms with Gasteiger partial charge in [0.25, 0.3) is 0 Å². The van der Waals surface area contributed by atoms with Crippen LogP contribution in [0, 0.1) is 17.1 Å². The van der Waals surface area contributed by atoms with Crippen molar-refractivity contribution in [2.75, 3.05) is 50.1 Å². The normalized spacial score (nSPS) is 28.1. The van der Waals surface area contributed by atoms with Crippen molar-refractivity contribution in [1.29, 1.82) is 5.26 Å². The number of amides is 1. The van der Waals surface area contributed by atoms with Crippen molar-refractivity contribution in [1.82, 2.24) is 20.2 Å². The third-order valence-corrected chi connectivity index (χ3v) is 9.09. The van der Waals surface area contributed by atoms with Gasteiger partial charge in [0.05, 0.1) is 23.6 Å². The van der Waals surface area contributed by atoms with Gasteiger partial charge in [-0.15, -0.1) is 0 Å². The summed E-state index contributed by atoms with van der Waals surface area (Å²) in [6.45, 7) is 2.33. The van der Waals surface area contributed by atoms with Gasteiger partial charge in [-0.3, -0.25) is 9.69 Å². The lowest BCUT2D eigenvalue weighted by molar-refractivity contribution is -0.122. The number of carbonyl (C=O) groups is 1. The van der Waals surface area contributed by atoms with E-state index in [1.807, 2.05) is 16.8 Å². The van der Waals surface area contributed by atoms with Crippen LogP contribution in [0.25, 0.3) is 0 Å². The predicted octanol–water partition coefficient (Wildman–Crippen LogP) is 3.15. The summed E-state index contributed by atoms with van der Waals surface area (Å²) in [6, 6.07) is 5.04. The van der Waals surface area contributed by atoms with Crippen molar-refractivity contribution < 1.29 is 18.3 Å². The van der Waals surface area contributed by atoms with Crippen molar-refractivity contribution >= 4 is 29.0 Å². The van der Waals surface area contributed by atoms with Gasteiger partial charge in [0.15, 0.2) is 5.82 Å². The molecule has 2 aromatic rings. The Labute approximate surface area is 236 Å². The molecule has 2 N–H and O–H groups in total. The number of alkyl halides is 1. The Hall–Kier alpha value is -3.07. The highest BCUT2D eigenvalue weighted by Crippen LogP contribution is 2.48. The molecule has 1 spiro atoms. The molecule has 3 aliphatic heterocycles. The molecule has 1 aromatic carbocycles. The number of halogens is 3. The van der Waals surface area contributed by atoms with Crippen molar-refractivity contribution in [3.8, 4) is 12.1 Å². The highest BCUT2D eigenvalue weighted by Gasteiger charge is 2.50. The summed E-state index contributed by atoms with van der Waals surface area (Å²) >= 11 is 6.47. The van der Waals surface area contributed by atoms with Crippen LogP contribution in [0.2, 0.25) is 5.02 Å². The van der Waals surface area contributed by atoms with Crippen LogP contribution in [0.15, 0.2) is 12.1 Å². The summed E-state index contributed by atoms with van der Waals surface area (Å²) in [6.07, 6.45) is 1.72. The number of ether oxygens (including phenoxy) is 1. The Kier molecular flexibility index (Phi) is 7.27. The number of benzene rings is 1. The van der Waals surface area contributed by atoms with Crippen molar-refractivity contribution in [3.05, 3.63) is 39.8 Å². The number of nitrogens with one attached hydrogen (secondary N) is 2. The van der Waals surface area contributed by atoms with E-state index in [-0.39, 0.29) is 37.0 Å². The predicted molar refractivity (Wildman–Crippen MR) is 146 cm³/mol. The fourth-order valence-electron chi connectivity index (χ4n) is 6.71. The van der Waals surface area contributed by atoms with E-state index >= 15 is 4.39 Å². The average molecular weight is 572 g/mol. The first-order valence-electron chi connectivity index (χ1n) is 13.8. The van der Waals surface area contributed by atoms with Gasteiger partial charge in [0, 0.05) is 55.3 Å². The van der Waals surface area contributed by atoms with E-state index in [0.717, 1.165) is 0 Å². The molecule has 0 saturated carbocycles. The summed E-state index contributed by atoms with van der Waals surface area (Å²) in [7, 11) is 1.86. The molecule has 4 atom stereocenters. The summed E-state index contributed by atoms with van der Waals surface area (Å²) in [5.74, 6) is -0.237. The van der Waals surface area contributed by atoms with Gasteiger partial charge >= 0.3 is 6.01 Å². The number of likely N-dealkylation sites (tertiary alicyclic amines) is 1. The molecule has 6 rings (SSSR count). The second kappa shape index (κ2) is 10.7. The minimum atomic E-state index is -1.15. The molecule has 1 amide bonds. The van der Waals surface area contributed by atoms with Gasteiger partial charge in [-0.25, -0.2) is 8.78 Å². The Morgan fingerprint density at radius 1 is 1.32 bits per heavy atom. The number of rotatable bonds is 5. The smallest absolute Gasteiger partial charge is 0.318 e. The quantitative estimate of drug-likeness (QED) is 0.564. The Bertz CT molecular complexity index is 1370. The van der Waals surface area contributed by atoms with E-state index in [2.05, 4.69) is 16.7 Å². The van der Waals surface area contributed by atoms with Crippen LogP contribution < -0.4 is 20.3 Å². The van der Waals surface area contributed by atoms with E-state index in [1.54, 1.807) is 6.07 Å². The molecular formula is C28H32ClF2N7O2. The second-order valence-electron chi connectivity index (χ2n) is 11.3. The molecule has 4 heterocycles. The van der Waals surface area contributed by atoms with Gasteiger partial charge in [0.2, 0.25) is 5.91 Å². The van der Waals surface area contributed by atoms with Crippen LogP contribution in [0.3, 0.4) is 0 Å². The number of anilines is 2. The average Bonchev–Trinajstić information content (AvgIpc) is 3.27. The van der Waals surface area contributed by atoms with E-state index in [0.29, 0.717) is 91.6 Å². The standard InChI is InChI=1S/C28H32ClF2N7O2/c1-37-13-16(30)11-18(37)15-40-27-34-22-12-28(7-2-3-19-20(29)4-5-21(31)23(19)28)26(39)35-24(22)25(36-27)38-10-9-33-17(14-38)6-8-32/h4-5,16-18,33H,2-3,6-7,9-15H2,1H3,(H,35,39)/t16-,17+,18+,28?/m1/s1. The number of hydrogen-bond acceptors (Lipinski definition) is 8. The topological polar surface area (TPSA) is 106 Å². The third-order valence-electron chi connectivity index (χ3n) is 8.74. The SMILES string of the molecule is CN1C[C@H](F)C[C@H]1COc1nc2c(c(N3CCN[C@@H](CC#N)C3)n1)NC(=O)C1(CCCc3c(Cl)ccc(F)c31)C2. The lowest BCUT2D eigenvalue weighted by atomic mass is 9.65. The molecule has 4 aliphatic rings. The Morgan fingerprint density at radius 2 is 2.17 bits per heavy atom. The molecule has 12 heteroatoms. The van der Waals surface area contributed by atoms with Crippen molar-refractivity contribution in [3.63, 3.8) is 0 Å². The molecule has 40 heavy (non-hydrogen) atoms. The van der Waals surface area contributed by atoms with Crippen LogP contribution in [-0.4, -0.2) is 78.9 Å². The van der Waals surface area contributed by atoms with Crippen LogP contribution in [-0.2, 0) is 23.1 Å². The molecule has 2 saturated heterocycles. The van der Waals surface area contributed by atoms with Crippen LogP contribution in [0.5, 0.6) is 6.01 Å². The first kappa shape index (κ1) is 27.1. The van der Waals surface area contributed by atoms with E-state index in [9.17, 15) is 14.4 Å². The highest BCUT2D eigenvalue weighted by atomic mass is 35.5. The van der Waals surface area contributed by atoms with Gasteiger partial charge < -0.3 is 20.3 Å². The zero-order chi connectivity index (χ0) is 28.0. The Balaban J connectivity index is 1.40. The molecule has 2 fully saturated rings. The number of hydrogen-bond donors (Lipinski definition) is 2. The maximum Gasteiger partial charge on any atom is 0.318 e. The molecule has 1 unspecified atom stereocenters. The van der Waals surface area contributed by atoms with Crippen molar-refractivity contribution in [2.24, 2.45) is 0 Å². The molecule has 0 radical (unpaired) electrons. The molecule has 9 nitrogen and oxygen atoms in total. The molecule has 1 aliphatic carbocycles. The van der Waals surface area contributed by atoms with E-state index in [4.69, 9.17) is 26.3 Å².